The van der Waals surface area contributed by atoms with Crippen molar-refractivity contribution >= 4 is 11.8 Å². The molecule has 26 heavy (non-hydrogen) atoms. The van der Waals surface area contributed by atoms with E-state index in [4.69, 9.17) is 4.42 Å². The van der Waals surface area contributed by atoms with E-state index in [1.165, 1.54) is 51.9 Å². The zero-order chi connectivity index (χ0) is 17.7. The maximum atomic E-state index is 11.6. The fraction of sp³-hybridized carbons (Fsp3) is 0.550. The number of pyridine rings is 1. The number of carbonyl (C=O) groups is 1. The number of ether oxygens (including phenoxy) is 1. The monoisotopic (exact) mass is 353 g/mol. The van der Waals surface area contributed by atoms with Gasteiger partial charge >= 0.3 is 5.97 Å². The minimum Gasteiger partial charge on any atom is -0.464 e. The van der Waals surface area contributed by atoms with Crippen molar-refractivity contribution < 1.29 is 13.9 Å². The van der Waals surface area contributed by atoms with E-state index < -0.39 is 5.97 Å². The molecule has 2 aromatic heterocycles. The summed E-state index contributed by atoms with van der Waals surface area (Å²) in [5.74, 6) is 3.41. The highest BCUT2D eigenvalue weighted by atomic mass is 16.5. The van der Waals surface area contributed by atoms with Gasteiger partial charge in [-0.2, -0.15) is 0 Å². The molecule has 0 radical (unpaired) electrons. The number of aromatic nitrogens is 2. The Hall–Kier alpha value is -2.37. The van der Waals surface area contributed by atoms with Crippen LogP contribution in [-0.2, 0) is 4.74 Å². The number of anilines is 1. The molecule has 4 fully saturated rings. The number of rotatable bonds is 4. The van der Waals surface area contributed by atoms with Gasteiger partial charge < -0.3 is 14.5 Å². The second kappa shape index (κ2) is 5.83. The van der Waals surface area contributed by atoms with Crippen molar-refractivity contribution in [3.8, 4) is 11.5 Å². The van der Waals surface area contributed by atoms with Gasteiger partial charge in [0, 0.05) is 17.3 Å². The molecule has 6 nitrogen and oxygen atoms in total. The Bertz CT molecular complexity index is 809. The van der Waals surface area contributed by atoms with Crippen LogP contribution in [0.15, 0.2) is 29.0 Å². The third-order valence-corrected chi connectivity index (χ3v) is 6.34. The smallest absolute Gasteiger partial charge is 0.360 e. The van der Waals surface area contributed by atoms with Crippen molar-refractivity contribution in [2.45, 2.75) is 44.1 Å². The van der Waals surface area contributed by atoms with Crippen LogP contribution in [0.25, 0.3) is 11.5 Å². The van der Waals surface area contributed by atoms with Crippen LogP contribution in [0, 0.1) is 17.8 Å². The van der Waals surface area contributed by atoms with Crippen molar-refractivity contribution in [2.24, 2.45) is 17.8 Å². The topological polar surface area (TPSA) is 77.2 Å². The van der Waals surface area contributed by atoms with Crippen LogP contribution in [0.2, 0.25) is 0 Å². The number of hydrogen-bond donors (Lipinski definition) is 1. The minimum atomic E-state index is -0.499. The molecular formula is C20H23N3O3. The highest BCUT2D eigenvalue weighted by Crippen LogP contribution is 2.56. The first-order valence-electron chi connectivity index (χ1n) is 9.41. The number of esters is 1. The van der Waals surface area contributed by atoms with Crippen molar-refractivity contribution in [1.82, 2.24) is 9.97 Å². The summed E-state index contributed by atoms with van der Waals surface area (Å²) in [5, 5.41) is 3.77. The molecule has 136 valence electrons. The van der Waals surface area contributed by atoms with Crippen molar-refractivity contribution in [3.05, 3.63) is 30.3 Å². The third-order valence-electron chi connectivity index (χ3n) is 6.34. The summed E-state index contributed by atoms with van der Waals surface area (Å²) in [5.41, 5.74) is 1.19. The Morgan fingerprint density at radius 3 is 2.58 bits per heavy atom. The molecule has 6 rings (SSSR count). The number of methoxy groups -OCH3 is 1. The van der Waals surface area contributed by atoms with Crippen LogP contribution < -0.4 is 5.32 Å². The summed E-state index contributed by atoms with van der Waals surface area (Å²) >= 11 is 0. The summed E-state index contributed by atoms with van der Waals surface area (Å²) in [6.45, 7) is 0. The van der Waals surface area contributed by atoms with E-state index in [0.717, 1.165) is 29.1 Å². The molecule has 4 saturated carbocycles. The number of oxazole rings is 1. The minimum absolute atomic E-state index is 0.176. The molecule has 0 amide bonds. The SMILES string of the molecule is COC(=O)c1coc(-c2ccnc(NC34CC5CC(CC(C5)C3)C4)c2)n1. The van der Waals surface area contributed by atoms with Crippen molar-refractivity contribution in [3.63, 3.8) is 0 Å². The van der Waals surface area contributed by atoms with Crippen molar-refractivity contribution in [2.75, 3.05) is 12.4 Å². The molecule has 4 bridgehead atoms. The third kappa shape index (κ3) is 2.68. The molecule has 2 aromatic rings. The lowest BCUT2D eigenvalue weighted by Gasteiger charge is -2.57. The molecule has 0 saturated heterocycles. The van der Waals surface area contributed by atoms with Crippen LogP contribution in [0.1, 0.15) is 49.0 Å². The first-order valence-corrected chi connectivity index (χ1v) is 9.41. The molecular weight excluding hydrogens is 330 g/mol. The predicted octanol–water partition coefficient (Wildman–Crippen LogP) is 3.90. The van der Waals surface area contributed by atoms with Gasteiger partial charge in [-0.25, -0.2) is 14.8 Å². The summed E-state index contributed by atoms with van der Waals surface area (Å²) < 4.78 is 10.1. The maximum absolute atomic E-state index is 11.6. The molecule has 0 aromatic carbocycles. The van der Waals surface area contributed by atoms with Crippen molar-refractivity contribution in [1.29, 1.82) is 0 Å². The zero-order valence-electron chi connectivity index (χ0n) is 14.9. The van der Waals surface area contributed by atoms with E-state index in [9.17, 15) is 4.79 Å². The Balaban J connectivity index is 1.39. The number of nitrogens with one attached hydrogen (secondary N) is 1. The van der Waals surface area contributed by atoms with Gasteiger partial charge in [0.2, 0.25) is 5.89 Å². The quantitative estimate of drug-likeness (QED) is 0.840. The average Bonchev–Trinajstić information content (AvgIpc) is 3.10. The number of hydrogen-bond acceptors (Lipinski definition) is 6. The van der Waals surface area contributed by atoms with Gasteiger partial charge in [0.25, 0.3) is 0 Å². The fourth-order valence-corrected chi connectivity index (χ4v) is 5.77. The lowest BCUT2D eigenvalue weighted by molar-refractivity contribution is 0.0105. The van der Waals surface area contributed by atoms with Gasteiger partial charge in [-0.1, -0.05) is 0 Å². The molecule has 1 N–H and O–H groups in total. The number of carbonyl (C=O) groups excluding carboxylic acids is 1. The predicted molar refractivity (Wildman–Crippen MR) is 95.6 cm³/mol. The molecule has 6 heteroatoms. The Labute approximate surface area is 152 Å². The molecule has 0 aliphatic heterocycles. The van der Waals surface area contributed by atoms with Gasteiger partial charge in [-0.3, -0.25) is 0 Å². The molecule has 4 aliphatic carbocycles. The normalized spacial score (nSPS) is 31.8. The molecule has 0 spiro atoms. The summed E-state index contributed by atoms with van der Waals surface area (Å²) in [6.07, 6.45) is 11.1. The van der Waals surface area contributed by atoms with Gasteiger partial charge in [-0.15, -0.1) is 0 Å². The lowest BCUT2D eigenvalue weighted by atomic mass is 9.53. The van der Waals surface area contributed by atoms with E-state index in [1.807, 2.05) is 12.1 Å². The Morgan fingerprint density at radius 1 is 1.23 bits per heavy atom. The highest BCUT2D eigenvalue weighted by molar-refractivity contribution is 5.87. The van der Waals surface area contributed by atoms with Gasteiger partial charge in [0.05, 0.1) is 7.11 Å². The summed E-state index contributed by atoms with van der Waals surface area (Å²) in [4.78, 5) is 20.3. The second-order valence-corrected chi connectivity index (χ2v) is 8.28. The van der Waals surface area contributed by atoms with Crippen LogP contribution >= 0.6 is 0 Å². The molecule has 4 aliphatic rings. The Morgan fingerprint density at radius 2 is 1.92 bits per heavy atom. The van der Waals surface area contributed by atoms with Crippen LogP contribution in [0.5, 0.6) is 0 Å². The number of nitrogens with zero attached hydrogens (tertiary/aromatic N) is 2. The van der Waals surface area contributed by atoms with E-state index in [2.05, 4.69) is 20.0 Å². The second-order valence-electron chi connectivity index (χ2n) is 8.28. The van der Waals surface area contributed by atoms with Crippen LogP contribution in [0.3, 0.4) is 0 Å². The average molecular weight is 353 g/mol. The van der Waals surface area contributed by atoms with E-state index in [-0.39, 0.29) is 11.2 Å². The molecule has 0 atom stereocenters. The van der Waals surface area contributed by atoms with E-state index >= 15 is 0 Å². The Kier molecular flexibility index (Phi) is 3.55. The van der Waals surface area contributed by atoms with Gasteiger partial charge in [0.15, 0.2) is 5.69 Å². The summed E-state index contributed by atoms with van der Waals surface area (Å²) in [7, 11) is 1.33. The fourth-order valence-electron chi connectivity index (χ4n) is 5.77. The van der Waals surface area contributed by atoms with Crippen LogP contribution in [0.4, 0.5) is 5.82 Å². The van der Waals surface area contributed by atoms with E-state index in [1.54, 1.807) is 6.20 Å². The van der Waals surface area contributed by atoms with Gasteiger partial charge in [0.1, 0.15) is 12.1 Å². The lowest BCUT2D eigenvalue weighted by Crippen LogP contribution is -2.54. The van der Waals surface area contributed by atoms with E-state index in [0.29, 0.717) is 5.89 Å². The highest BCUT2D eigenvalue weighted by Gasteiger charge is 2.51. The molecule has 2 heterocycles. The van der Waals surface area contributed by atoms with Crippen LogP contribution in [-0.4, -0.2) is 28.6 Å². The summed E-state index contributed by atoms with van der Waals surface area (Å²) in [6, 6.07) is 3.81. The standard InChI is InChI=1S/C20H23N3O3/c1-25-19(24)16-11-26-18(22-16)15-2-3-21-17(7-15)23-20-8-12-4-13(9-20)6-14(5-12)10-20/h2-3,7,11-14H,4-6,8-10H2,1H3,(H,21,23). The maximum Gasteiger partial charge on any atom is 0.360 e. The van der Waals surface area contributed by atoms with Gasteiger partial charge in [-0.05, 0) is 68.4 Å². The first-order chi connectivity index (χ1) is 12.6. The zero-order valence-corrected chi connectivity index (χ0v) is 14.9. The largest absolute Gasteiger partial charge is 0.464 e. The first kappa shape index (κ1) is 15.9. The molecule has 0 unspecified atom stereocenters.